The van der Waals surface area contributed by atoms with Crippen LogP contribution < -0.4 is 10.5 Å². The molecule has 0 aliphatic rings. The van der Waals surface area contributed by atoms with Gasteiger partial charge in [0.2, 0.25) is 0 Å². The van der Waals surface area contributed by atoms with E-state index in [0.29, 0.717) is 18.5 Å². The summed E-state index contributed by atoms with van der Waals surface area (Å²) in [4.78, 5) is 4.08. The summed E-state index contributed by atoms with van der Waals surface area (Å²) in [5.41, 5.74) is 5.81. The van der Waals surface area contributed by atoms with Crippen molar-refractivity contribution in [2.75, 3.05) is 5.73 Å². The van der Waals surface area contributed by atoms with Crippen LogP contribution in [0.1, 0.15) is 33.6 Å². The van der Waals surface area contributed by atoms with Crippen LogP contribution in [0, 0.1) is 0 Å². The van der Waals surface area contributed by atoms with Crippen molar-refractivity contribution in [1.29, 1.82) is 0 Å². The standard InChI is InChI=1S/C13H20N4O2S/c1-4-13(3,5-2)16-20(18,19)12-11(14)15-10-8-6-7-9-17(10)12/h6-9,16H,4-5,14H2,1-3H3. The van der Waals surface area contributed by atoms with Gasteiger partial charge in [0.05, 0.1) is 0 Å². The number of rotatable bonds is 5. The number of nitrogen functional groups attached to an aromatic ring is 1. The Hall–Kier alpha value is -1.60. The molecular formula is C13H20N4O2S. The van der Waals surface area contributed by atoms with Crippen molar-refractivity contribution >= 4 is 21.5 Å². The van der Waals surface area contributed by atoms with Crippen molar-refractivity contribution in [3.63, 3.8) is 0 Å². The molecule has 0 aliphatic heterocycles. The second-order valence-corrected chi connectivity index (χ2v) is 6.70. The van der Waals surface area contributed by atoms with E-state index >= 15 is 0 Å². The minimum Gasteiger partial charge on any atom is -0.381 e. The van der Waals surface area contributed by atoms with E-state index in [0.717, 1.165) is 0 Å². The molecule has 0 aromatic carbocycles. The normalized spacial score (nSPS) is 12.9. The Bertz CT molecular complexity index is 717. The number of hydrogen-bond donors (Lipinski definition) is 2. The maximum atomic E-state index is 12.6. The molecule has 3 N–H and O–H groups in total. The topological polar surface area (TPSA) is 89.5 Å². The number of anilines is 1. The smallest absolute Gasteiger partial charge is 0.260 e. The second kappa shape index (κ2) is 5.06. The Balaban J connectivity index is 2.55. The Labute approximate surface area is 119 Å². The average molecular weight is 296 g/mol. The van der Waals surface area contributed by atoms with Crippen LogP contribution in [-0.4, -0.2) is 23.3 Å². The predicted molar refractivity (Wildman–Crippen MR) is 78.9 cm³/mol. The first-order valence-corrected chi connectivity index (χ1v) is 8.08. The summed E-state index contributed by atoms with van der Waals surface area (Å²) < 4.78 is 29.4. The summed E-state index contributed by atoms with van der Waals surface area (Å²) in [5, 5.41) is 0.00113. The van der Waals surface area contributed by atoms with Crippen LogP contribution in [0.15, 0.2) is 29.4 Å². The third kappa shape index (κ3) is 2.51. The highest BCUT2D eigenvalue weighted by atomic mass is 32.2. The first kappa shape index (κ1) is 14.8. The lowest BCUT2D eigenvalue weighted by atomic mass is 9.98. The number of hydrogen-bond acceptors (Lipinski definition) is 4. The lowest BCUT2D eigenvalue weighted by Gasteiger charge is -2.27. The number of nitrogens with two attached hydrogens (primary N) is 1. The van der Waals surface area contributed by atoms with E-state index in [4.69, 9.17) is 5.73 Å². The minimum atomic E-state index is -3.73. The van der Waals surface area contributed by atoms with E-state index in [1.54, 1.807) is 24.4 Å². The third-order valence-corrected chi connectivity index (χ3v) is 5.38. The molecule has 2 rings (SSSR count). The van der Waals surface area contributed by atoms with Gasteiger partial charge >= 0.3 is 0 Å². The Kier molecular flexibility index (Phi) is 3.75. The van der Waals surface area contributed by atoms with Gasteiger partial charge in [-0.25, -0.2) is 18.1 Å². The summed E-state index contributed by atoms with van der Waals surface area (Å²) in [6.45, 7) is 5.78. The van der Waals surface area contributed by atoms with E-state index in [9.17, 15) is 8.42 Å². The van der Waals surface area contributed by atoms with Gasteiger partial charge in [-0.1, -0.05) is 19.9 Å². The fourth-order valence-electron chi connectivity index (χ4n) is 2.03. The van der Waals surface area contributed by atoms with Crippen molar-refractivity contribution in [2.24, 2.45) is 0 Å². The molecule has 0 radical (unpaired) electrons. The van der Waals surface area contributed by atoms with Crippen LogP contribution in [0.25, 0.3) is 5.65 Å². The Morgan fingerprint density at radius 3 is 2.60 bits per heavy atom. The summed E-state index contributed by atoms with van der Waals surface area (Å²) in [5.74, 6) is 0.0123. The molecule has 110 valence electrons. The number of fused-ring (bicyclic) bond motifs is 1. The van der Waals surface area contributed by atoms with Gasteiger partial charge in [0, 0.05) is 11.7 Å². The largest absolute Gasteiger partial charge is 0.381 e. The molecule has 0 fully saturated rings. The van der Waals surface area contributed by atoms with Crippen LogP contribution >= 0.6 is 0 Å². The Morgan fingerprint density at radius 1 is 1.35 bits per heavy atom. The van der Waals surface area contributed by atoms with Gasteiger partial charge in [-0.05, 0) is 31.9 Å². The zero-order valence-corrected chi connectivity index (χ0v) is 12.7. The highest BCUT2D eigenvalue weighted by Gasteiger charge is 2.31. The van der Waals surface area contributed by atoms with Gasteiger partial charge in [-0.3, -0.25) is 4.40 Å². The first-order valence-electron chi connectivity index (χ1n) is 6.59. The molecule has 20 heavy (non-hydrogen) atoms. The SMILES string of the molecule is CCC(C)(CC)NS(=O)(=O)c1c(N)nc2ccccn12. The van der Waals surface area contributed by atoms with Crippen molar-refractivity contribution in [3.05, 3.63) is 24.4 Å². The van der Waals surface area contributed by atoms with Crippen LogP contribution in [0.2, 0.25) is 0 Å². The molecule has 2 heterocycles. The van der Waals surface area contributed by atoms with E-state index in [1.165, 1.54) is 4.40 Å². The van der Waals surface area contributed by atoms with Gasteiger partial charge in [0.15, 0.2) is 10.8 Å². The molecule has 2 aromatic heterocycles. The van der Waals surface area contributed by atoms with Crippen molar-refractivity contribution in [1.82, 2.24) is 14.1 Å². The maximum absolute atomic E-state index is 12.6. The highest BCUT2D eigenvalue weighted by molar-refractivity contribution is 7.89. The van der Waals surface area contributed by atoms with Gasteiger partial charge in [0.1, 0.15) is 5.65 Å². The monoisotopic (exact) mass is 296 g/mol. The minimum absolute atomic E-state index is 0.00113. The molecule has 0 bridgehead atoms. The zero-order valence-electron chi connectivity index (χ0n) is 11.9. The van der Waals surface area contributed by atoms with E-state index in [-0.39, 0.29) is 10.8 Å². The first-order chi connectivity index (χ1) is 9.33. The molecule has 0 saturated carbocycles. The summed E-state index contributed by atoms with van der Waals surface area (Å²) in [6, 6.07) is 5.24. The lowest BCUT2D eigenvalue weighted by molar-refractivity contribution is 0.388. The number of nitrogens with zero attached hydrogens (tertiary/aromatic N) is 2. The van der Waals surface area contributed by atoms with Crippen LogP contribution in [-0.2, 0) is 10.0 Å². The molecule has 0 atom stereocenters. The highest BCUT2D eigenvalue weighted by Crippen LogP contribution is 2.23. The van der Waals surface area contributed by atoms with Gasteiger partial charge < -0.3 is 5.73 Å². The quantitative estimate of drug-likeness (QED) is 0.880. The van der Waals surface area contributed by atoms with Crippen molar-refractivity contribution < 1.29 is 8.42 Å². The molecule has 6 nitrogen and oxygen atoms in total. The molecule has 0 spiro atoms. The molecular weight excluding hydrogens is 276 g/mol. The third-order valence-electron chi connectivity index (χ3n) is 3.71. The molecule has 0 amide bonds. The number of nitrogens with one attached hydrogen (secondary N) is 1. The van der Waals surface area contributed by atoms with E-state index in [2.05, 4.69) is 9.71 Å². The molecule has 0 aliphatic carbocycles. The fraction of sp³-hybridized carbons (Fsp3) is 0.462. The summed E-state index contributed by atoms with van der Waals surface area (Å²) in [7, 11) is -3.73. The Morgan fingerprint density at radius 2 is 2.00 bits per heavy atom. The van der Waals surface area contributed by atoms with E-state index < -0.39 is 15.6 Å². The maximum Gasteiger partial charge on any atom is 0.260 e. The van der Waals surface area contributed by atoms with Crippen molar-refractivity contribution in [3.8, 4) is 0 Å². The number of sulfonamides is 1. The summed E-state index contributed by atoms with van der Waals surface area (Å²) in [6.07, 6.45) is 3.03. The van der Waals surface area contributed by atoms with Gasteiger partial charge in [-0.2, -0.15) is 0 Å². The molecule has 7 heteroatoms. The molecule has 0 saturated heterocycles. The summed E-state index contributed by atoms with van der Waals surface area (Å²) >= 11 is 0. The number of imidazole rings is 1. The van der Waals surface area contributed by atoms with Gasteiger partial charge in [0.25, 0.3) is 10.0 Å². The molecule has 0 unspecified atom stereocenters. The molecule has 2 aromatic rings. The van der Waals surface area contributed by atoms with Crippen LogP contribution in [0.4, 0.5) is 5.82 Å². The number of pyridine rings is 1. The second-order valence-electron chi connectivity index (χ2n) is 5.10. The van der Waals surface area contributed by atoms with Crippen molar-refractivity contribution in [2.45, 2.75) is 44.2 Å². The van der Waals surface area contributed by atoms with E-state index in [1.807, 2.05) is 20.8 Å². The zero-order chi connectivity index (χ0) is 15.0. The van der Waals surface area contributed by atoms with Crippen LogP contribution in [0.5, 0.6) is 0 Å². The van der Waals surface area contributed by atoms with Gasteiger partial charge in [-0.15, -0.1) is 0 Å². The average Bonchev–Trinajstić information content (AvgIpc) is 2.74. The van der Waals surface area contributed by atoms with Crippen LogP contribution in [0.3, 0.4) is 0 Å². The predicted octanol–water partition coefficient (Wildman–Crippen LogP) is 1.77. The number of aromatic nitrogens is 2. The lowest BCUT2D eigenvalue weighted by Crippen LogP contribution is -2.45. The fourth-order valence-corrected chi connectivity index (χ4v) is 3.79.